The first-order chi connectivity index (χ1) is 29.0. The minimum Gasteiger partial charge on any atom is -0.486 e. The molecule has 0 N–H and O–H groups in total. The molecule has 0 aliphatic carbocycles. The van der Waals surface area contributed by atoms with E-state index in [0.717, 1.165) is 72.0 Å². The normalized spacial score (nSPS) is 12.6. The average Bonchev–Trinajstić information content (AvgIpc) is 3.83. The summed E-state index contributed by atoms with van der Waals surface area (Å²) < 4.78 is 25.7. The zero-order valence-corrected chi connectivity index (χ0v) is 39.1. The van der Waals surface area contributed by atoms with Gasteiger partial charge in [0.1, 0.15) is 0 Å². The second-order valence-corrected chi connectivity index (χ2v) is 22.5. The van der Waals surface area contributed by atoms with Gasteiger partial charge in [-0.1, -0.05) is 120 Å². The van der Waals surface area contributed by atoms with Crippen molar-refractivity contribution in [3.05, 3.63) is 157 Å². The molecule has 0 fully saturated rings. The third kappa shape index (κ3) is 8.55. The average molecular weight is 984 g/mol. The molecule has 9 aromatic rings. The van der Waals surface area contributed by atoms with E-state index >= 15 is 0 Å². The summed E-state index contributed by atoms with van der Waals surface area (Å²) in [7, 11) is -1.67. The number of hydrogen-bond acceptors (Lipinski definition) is 5. The van der Waals surface area contributed by atoms with Gasteiger partial charge in [-0.05, 0) is 75.6 Å². The van der Waals surface area contributed by atoms with Crippen LogP contribution in [0.1, 0.15) is 54.1 Å². The Labute approximate surface area is 371 Å². The van der Waals surface area contributed by atoms with Crippen molar-refractivity contribution in [2.24, 2.45) is 5.92 Å². The van der Waals surface area contributed by atoms with Crippen LogP contribution in [0.5, 0.6) is 0 Å². The van der Waals surface area contributed by atoms with Gasteiger partial charge >= 0.3 is 0 Å². The van der Waals surface area contributed by atoms with Gasteiger partial charge in [-0.25, -0.2) is 4.98 Å². The van der Waals surface area contributed by atoms with Crippen molar-refractivity contribution in [1.82, 2.24) is 24.5 Å². The molecule has 60 heavy (non-hydrogen) atoms. The van der Waals surface area contributed by atoms with Crippen molar-refractivity contribution < 1.29 is 27.3 Å². The fourth-order valence-corrected chi connectivity index (χ4v) is 9.05. The van der Waals surface area contributed by atoms with Crippen LogP contribution in [0.2, 0.25) is 19.6 Å². The quantitative estimate of drug-likeness (QED) is 0.118. The van der Waals surface area contributed by atoms with Gasteiger partial charge in [0.2, 0.25) is 5.71 Å². The maximum Gasteiger partial charge on any atom is 0.216 e. The van der Waals surface area contributed by atoms with E-state index in [4.69, 9.17) is 12.1 Å². The van der Waals surface area contributed by atoms with Gasteiger partial charge < -0.3 is 14.0 Å². The van der Waals surface area contributed by atoms with Crippen molar-refractivity contribution in [1.29, 1.82) is 0 Å². The smallest absolute Gasteiger partial charge is 0.216 e. The zero-order chi connectivity index (χ0) is 43.3. The summed E-state index contributed by atoms with van der Waals surface area (Å²) in [5, 5.41) is 3.14. The first kappa shape index (κ1) is 39.9. The first-order valence-electron chi connectivity index (χ1n) is 21.2. The molecule has 9 rings (SSSR count). The van der Waals surface area contributed by atoms with Gasteiger partial charge in [-0.15, -0.1) is 53.6 Å². The number of aromatic nitrogens is 5. The van der Waals surface area contributed by atoms with E-state index in [-0.39, 0.29) is 31.4 Å². The fourth-order valence-electron chi connectivity index (χ4n) is 7.64. The Morgan fingerprint density at radius 1 is 0.850 bits per heavy atom. The third-order valence-electron chi connectivity index (χ3n) is 10.5. The molecule has 1 radical (unpaired) electrons. The molecule has 0 amide bonds. The number of aryl methyl sites for hydroxylation is 1. The van der Waals surface area contributed by atoms with Crippen LogP contribution in [0, 0.1) is 25.0 Å². The predicted octanol–water partition coefficient (Wildman–Crippen LogP) is 12.7. The Bertz CT molecular complexity index is 3020. The summed E-state index contributed by atoms with van der Waals surface area (Å²) in [4.78, 5) is 18.7. The molecule has 4 aromatic carbocycles. The standard InChI is InChI=1S/C34H27N4O.C18H24NSi.Ir/c1-21-12-14-25(31-30(21)24-11-8-17-36-33(24)39-31)32-37-27-16-18-35-20-29(27)38(32)28-15-13-23(19-26(28)34(2,3)4)22-9-6-5-7-10-22;1-14(2)11-16-12-17(15-9-7-6-8-10-15)19-13-18(16)20(3,4)5;/h5-13,15-20H,1-4H3;6-9,12-14H,11H2,1-5H3;/q2*-1;/i;11D2;. The number of furan rings is 1. The molecule has 305 valence electrons. The largest absolute Gasteiger partial charge is 0.486 e. The van der Waals surface area contributed by atoms with Crippen LogP contribution in [-0.4, -0.2) is 32.6 Å². The number of imidazole rings is 1. The van der Waals surface area contributed by atoms with E-state index in [1.54, 1.807) is 12.4 Å². The molecule has 0 atom stereocenters. The van der Waals surface area contributed by atoms with Crippen LogP contribution in [-0.2, 0) is 31.9 Å². The molecule has 0 saturated carbocycles. The molecule has 5 aromatic heterocycles. The SMILES string of the molecule is Cc1c[c-]c(-c2nc3ccncc3n2-c2ccc(-c3ccccc3)cc2C(C)(C)C)c2oc3ncccc3c12.[2H]C([2H])(c1cc(-c2[c-]cccc2)ncc1[Si](C)(C)C)C(C)C.[Ir]. The molecule has 5 heterocycles. The summed E-state index contributed by atoms with van der Waals surface area (Å²) in [5.74, 6) is 0.678. The summed E-state index contributed by atoms with van der Waals surface area (Å²) >= 11 is 0. The van der Waals surface area contributed by atoms with Gasteiger partial charge in [0.15, 0.2) is 0 Å². The van der Waals surface area contributed by atoms with Crippen molar-refractivity contribution in [3.8, 4) is 39.5 Å². The monoisotopic (exact) mass is 984 g/mol. The third-order valence-corrected chi connectivity index (χ3v) is 12.5. The van der Waals surface area contributed by atoms with Crippen LogP contribution in [0.25, 0.3) is 72.6 Å². The molecular weight excluding hydrogens is 931 g/mol. The van der Waals surface area contributed by atoms with E-state index in [1.807, 2.05) is 80.8 Å². The number of fused-ring (bicyclic) bond motifs is 4. The molecular formula is C52H51IrN5OSi-2. The minimum absolute atomic E-state index is 0. The van der Waals surface area contributed by atoms with E-state index in [2.05, 4.69) is 128 Å². The number of hydrogen-bond donors (Lipinski definition) is 0. The Morgan fingerprint density at radius 3 is 2.35 bits per heavy atom. The van der Waals surface area contributed by atoms with Crippen molar-refractivity contribution in [2.45, 2.75) is 73.0 Å². The fraction of sp³-hybridized carbons (Fsp3) is 0.231. The van der Waals surface area contributed by atoms with E-state index in [0.29, 0.717) is 5.71 Å². The van der Waals surface area contributed by atoms with Gasteiger partial charge in [0.05, 0.1) is 36.7 Å². The van der Waals surface area contributed by atoms with Crippen LogP contribution in [0.4, 0.5) is 0 Å². The van der Waals surface area contributed by atoms with E-state index in [9.17, 15) is 0 Å². The maximum atomic E-state index is 8.55. The van der Waals surface area contributed by atoms with Crippen molar-refractivity contribution in [2.75, 3.05) is 0 Å². The van der Waals surface area contributed by atoms with Crippen LogP contribution < -0.4 is 5.19 Å². The van der Waals surface area contributed by atoms with E-state index in [1.165, 1.54) is 16.7 Å². The Hall–Kier alpha value is -5.53. The van der Waals surface area contributed by atoms with Crippen molar-refractivity contribution >= 4 is 46.4 Å². The van der Waals surface area contributed by atoms with Gasteiger partial charge in [0, 0.05) is 52.5 Å². The predicted molar refractivity (Wildman–Crippen MR) is 247 cm³/mol. The Balaban J connectivity index is 0.000000215. The molecule has 6 nitrogen and oxygen atoms in total. The van der Waals surface area contributed by atoms with Crippen molar-refractivity contribution in [3.63, 3.8) is 0 Å². The molecule has 0 saturated heterocycles. The second-order valence-electron chi connectivity index (χ2n) is 17.4. The first-order valence-corrected chi connectivity index (χ1v) is 23.7. The second kappa shape index (κ2) is 17.2. The molecule has 0 spiro atoms. The minimum atomic E-state index is -1.67. The molecule has 0 bridgehead atoms. The van der Waals surface area contributed by atoms with Crippen LogP contribution >= 0.6 is 0 Å². The number of pyridine rings is 3. The molecule has 0 unspecified atom stereocenters. The number of rotatable bonds is 7. The summed E-state index contributed by atoms with van der Waals surface area (Å²) in [5.41, 5.74) is 12.1. The zero-order valence-electron chi connectivity index (χ0n) is 37.7. The Kier molecular flexibility index (Phi) is 11.4. The Morgan fingerprint density at radius 2 is 1.63 bits per heavy atom. The van der Waals surface area contributed by atoms with Crippen LogP contribution in [0.15, 0.2) is 132 Å². The summed E-state index contributed by atoms with van der Waals surface area (Å²) in [6, 6.07) is 41.5. The molecule has 0 aliphatic rings. The van der Waals surface area contributed by atoms with Gasteiger partial charge in [-0.3, -0.25) is 9.97 Å². The summed E-state index contributed by atoms with van der Waals surface area (Å²) in [6.45, 7) is 19.4. The van der Waals surface area contributed by atoms with Gasteiger partial charge in [-0.2, -0.15) is 0 Å². The molecule has 8 heteroatoms. The van der Waals surface area contributed by atoms with Gasteiger partial charge in [0.25, 0.3) is 0 Å². The summed E-state index contributed by atoms with van der Waals surface area (Å²) in [6.07, 6.45) is 5.95. The van der Waals surface area contributed by atoms with E-state index < -0.39 is 14.4 Å². The van der Waals surface area contributed by atoms with Crippen LogP contribution in [0.3, 0.4) is 0 Å². The number of benzene rings is 4. The topological polar surface area (TPSA) is 69.6 Å². The number of nitrogens with zero attached hydrogens (tertiary/aromatic N) is 5. The maximum absolute atomic E-state index is 8.55. The molecule has 0 aliphatic heterocycles.